The van der Waals surface area contributed by atoms with E-state index in [0.717, 1.165) is 28.3 Å². The van der Waals surface area contributed by atoms with Crippen LogP contribution in [0.15, 0.2) is 79.0 Å². The number of benzene rings is 2. The van der Waals surface area contributed by atoms with Crippen LogP contribution in [-0.2, 0) is 6.61 Å². The van der Waals surface area contributed by atoms with Crippen molar-refractivity contribution in [1.29, 1.82) is 0 Å². The van der Waals surface area contributed by atoms with Crippen LogP contribution in [0.1, 0.15) is 5.56 Å². The van der Waals surface area contributed by atoms with Crippen molar-refractivity contribution in [2.45, 2.75) is 6.61 Å². The van der Waals surface area contributed by atoms with Gasteiger partial charge < -0.3 is 14.2 Å². The van der Waals surface area contributed by atoms with E-state index in [4.69, 9.17) is 14.2 Å². The average Bonchev–Trinajstić information content (AvgIpc) is 3.23. The van der Waals surface area contributed by atoms with E-state index >= 15 is 0 Å². The van der Waals surface area contributed by atoms with Crippen LogP contribution in [0.4, 0.5) is 0 Å². The third-order valence-electron chi connectivity index (χ3n) is 4.47. The van der Waals surface area contributed by atoms with Crippen molar-refractivity contribution in [3.05, 3.63) is 84.6 Å². The second-order valence-electron chi connectivity index (χ2n) is 6.34. The van der Waals surface area contributed by atoms with Crippen molar-refractivity contribution in [2.24, 2.45) is 0 Å². The van der Waals surface area contributed by atoms with E-state index in [1.165, 1.54) is 0 Å². The summed E-state index contributed by atoms with van der Waals surface area (Å²) in [5.74, 6) is 1.89. The molecule has 0 atom stereocenters. The zero-order chi connectivity index (χ0) is 20.1. The van der Waals surface area contributed by atoms with Crippen molar-refractivity contribution in [3.63, 3.8) is 0 Å². The van der Waals surface area contributed by atoms with Crippen LogP contribution in [0.25, 0.3) is 16.9 Å². The van der Waals surface area contributed by atoms with Crippen LogP contribution in [0.3, 0.4) is 0 Å². The van der Waals surface area contributed by atoms with Crippen LogP contribution in [0.5, 0.6) is 17.5 Å². The van der Waals surface area contributed by atoms with Crippen molar-refractivity contribution in [1.82, 2.24) is 14.8 Å². The largest absolute Gasteiger partial charge is 0.489 e. The zero-order valence-electron chi connectivity index (χ0n) is 16.3. The highest BCUT2D eigenvalue weighted by Gasteiger charge is 2.13. The lowest BCUT2D eigenvalue weighted by Gasteiger charge is -2.09. The van der Waals surface area contributed by atoms with Gasteiger partial charge in [-0.3, -0.25) is 0 Å². The summed E-state index contributed by atoms with van der Waals surface area (Å²) in [6.07, 6.45) is 1.71. The molecule has 6 heteroatoms. The molecular weight excluding hydrogens is 366 g/mol. The molecule has 0 amide bonds. The smallest absolute Gasteiger partial charge is 0.233 e. The maximum atomic E-state index is 5.88. The Morgan fingerprint density at radius 2 is 1.59 bits per heavy atom. The Hall–Kier alpha value is -3.80. The summed E-state index contributed by atoms with van der Waals surface area (Å²) < 4.78 is 18.1. The lowest BCUT2D eigenvalue weighted by atomic mass is 10.1. The molecular formula is C23H21N3O3. The maximum Gasteiger partial charge on any atom is 0.233 e. The molecule has 0 aliphatic carbocycles. The number of aromatic nitrogens is 3. The first-order chi connectivity index (χ1) is 14.3. The predicted octanol–water partition coefficient (Wildman–Crippen LogP) is 4.53. The Bertz CT molecular complexity index is 1060. The molecule has 2 heterocycles. The molecule has 6 nitrogen and oxygen atoms in total. The summed E-state index contributed by atoms with van der Waals surface area (Å²) in [5, 5.41) is 4.51. The number of rotatable bonds is 7. The Kier molecular flexibility index (Phi) is 5.42. The fraction of sp³-hybridized carbons (Fsp3) is 0.130. The van der Waals surface area contributed by atoms with Crippen LogP contribution < -0.4 is 14.2 Å². The van der Waals surface area contributed by atoms with Gasteiger partial charge in [-0.25, -0.2) is 9.67 Å². The summed E-state index contributed by atoms with van der Waals surface area (Å²) in [7, 11) is 3.19. The first-order valence-corrected chi connectivity index (χ1v) is 9.18. The van der Waals surface area contributed by atoms with Crippen molar-refractivity contribution in [2.75, 3.05) is 14.2 Å². The third kappa shape index (κ3) is 4.21. The van der Waals surface area contributed by atoms with Crippen molar-refractivity contribution < 1.29 is 14.2 Å². The van der Waals surface area contributed by atoms with E-state index in [2.05, 4.69) is 10.1 Å². The Balaban J connectivity index is 1.58. The van der Waals surface area contributed by atoms with Gasteiger partial charge in [-0.05, 0) is 35.9 Å². The topological polar surface area (TPSA) is 58.4 Å². The van der Waals surface area contributed by atoms with Crippen LogP contribution in [0, 0.1) is 0 Å². The Morgan fingerprint density at radius 1 is 0.828 bits per heavy atom. The summed E-state index contributed by atoms with van der Waals surface area (Å²) in [4.78, 5) is 4.27. The SMILES string of the molecule is COc1ccc(-n2nc(OC)cc2-c2ccc(OCc3ccccc3)cc2)cn1. The van der Waals surface area contributed by atoms with Gasteiger partial charge in [-0.15, -0.1) is 5.10 Å². The summed E-state index contributed by atoms with van der Waals surface area (Å²) in [5.41, 5.74) is 3.83. The quantitative estimate of drug-likeness (QED) is 0.466. The molecule has 29 heavy (non-hydrogen) atoms. The molecule has 2 aromatic carbocycles. The van der Waals surface area contributed by atoms with Gasteiger partial charge in [-0.1, -0.05) is 30.3 Å². The number of pyridine rings is 1. The second-order valence-corrected chi connectivity index (χ2v) is 6.34. The molecule has 146 valence electrons. The van der Waals surface area contributed by atoms with Crippen molar-refractivity contribution in [3.8, 4) is 34.5 Å². The molecule has 4 rings (SSSR count). The first-order valence-electron chi connectivity index (χ1n) is 9.18. The molecule has 0 unspecified atom stereocenters. The van der Waals surface area contributed by atoms with Gasteiger partial charge in [-0.2, -0.15) is 0 Å². The maximum absolute atomic E-state index is 5.88. The van der Waals surface area contributed by atoms with E-state index in [9.17, 15) is 0 Å². The Morgan fingerprint density at radius 3 is 2.24 bits per heavy atom. The summed E-state index contributed by atoms with van der Waals surface area (Å²) in [6, 6.07) is 23.6. The van der Waals surface area contributed by atoms with Gasteiger partial charge in [0.2, 0.25) is 11.8 Å². The molecule has 0 fully saturated rings. The van der Waals surface area contributed by atoms with E-state index in [0.29, 0.717) is 18.4 Å². The fourth-order valence-electron chi connectivity index (χ4n) is 2.94. The van der Waals surface area contributed by atoms with E-state index in [-0.39, 0.29) is 0 Å². The minimum absolute atomic E-state index is 0.528. The Labute approximate surface area is 169 Å². The summed E-state index contributed by atoms with van der Waals surface area (Å²) in [6.45, 7) is 0.531. The highest BCUT2D eigenvalue weighted by molar-refractivity contribution is 5.64. The van der Waals surface area contributed by atoms with E-state index in [1.54, 1.807) is 31.2 Å². The second kappa shape index (κ2) is 8.48. The van der Waals surface area contributed by atoms with Gasteiger partial charge in [0.15, 0.2) is 0 Å². The molecule has 4 aromatic rings. The molecule has 0 aliphatic rings. The van der Waals surface area contributed by atoms with E-state index in [1.807, 2.05) is 66.7 Å². The number of hydrogen-bond donors (Lipinski definition) is 0. The fourth-order valence-corrected chi connectivity index (χ4v) is 2.94. The summed E-state index contributed by atoms with van der Waals surface area (Å²) >= 11 is 0. The molecule has 0 bridgehead atoms. The van der Waals surface area contributed by atoms with Gasteiger partial charge in [0.25, 0.3) is 0 Å². The van der Waals surface area contributed by atoms with Crippen molar-refractivity contribution >= 4 is 0 Å². The van der Waals surface area contributed by atoms with Gasteiger partial charge in [0, 0.05) is 17.7 Å². The minimum atomic E-state index is 0.528. The predicted molar refractivity (Wildman–Crippen MR) is 111 cm³/mol. The van der Waals surface area contributed by atoms with Crippen LogP contribution in [0.2, 0.25) is 0 Å². The molecule has 0 saturated heterocycles. The van der Waals surface area contributed by atoms with Crippen LogP contribution in [-0.4, -0.2) is 29.0 Å². The molecule has 0 saturated carbocycles. The number of ether oxygens (including phenoxy) is 3. The number of methoxy groups -OCH3 is 2. The van der Waals surface area contributed by atoms with Gasteiger partial charge in [0.05, 0.1) is 31.8 Å². The standard InChI is InChI=1S/C23H21N3O3/c1-27-22-13-10-19(15-24-22)26-21(14-23(25-26)28-2)18-8-11-20(12-9-18)29-16-17-6-4-3-5-7-17/h3-15H,16H2,1-2H3. The molecule has 0 N–H and O–H groups in total. The minimum Gasteiger partial charge on any atom is -0.489 e. The molecule has 0 spiro atoms. The highest BCUT2D eigenvalue weighted by Crippen LogP contribution is 2.28. The molecule has 0 radical (unpaired) electrons. The monoisotopic (exact) mass is 387 g/mol. The lowest BCUT2D eigenvalue weighted by molar-refractivity contribution is 0.306. The van der Waals surface area contributed by atoms with Crippen LogP contribution >= 0.6 is 0 Å². The molecule has 0 aliphatic heterocycles. The van der Waals surface area contributed by atoms with Gasteiger partial charge >= 0.3 is 0 Å². The number of hydrogen-bond acceptors (Lipinski definition) is 5. The first kappa shape index (κ1) is 18.6. The third-order valence-corrected chi connectivity index (χ3v) is 4.47. The average molecular weight is 387 g/mol. The molecule has 2 aromatic heterocycles. The normalized spacial score (nSPS) is 10.6. The lowest BCUT2D eigenvalue weighted by Crippen LogP contribution is -2.01. The van der Waals surface area contributed by atoms with Gasteiger partial charge in [0.1, 0.15) is 12.4 Å². The zero-order valence-corrected chi connectivity index (χ0v) is 16.3. The highest BCUT2D eigenvalue weighted by atomic mass is 16.5. The van der Waals surface area contributed by atoms with E-state index < -0.39 is 0 Å². The number of nitrogens with zero attached hydrogens (tertiary/aromatic N) is 3.